The van der Waals surface area contributed by atoms with Crippen LogP contribution in [0.25, 0.3) is 0 Å². The van der Waals surface area contributed by atoms with Gasteiger partial charge in [0.1, 0.15) is 5.75 Å². The summed E-state index contributed by atoms with van der Waals surface area (Å²) < 4.78 is 33.9. The Kier molecular flexibility index (Phi) is 7.95. The van der Waals surface area contributed by atoms with Gasteiger partial charge in [-0.3, -0.25) is 4.79 Å². The summed E-state index contributed by atoms with van der Waals surface area (Å²) in [6.45, 7) is 7.44. The Balaban J connectivity index is 1.60. The van der Waals surface area contributed by atoms with E-state index in [0.29, 0.717) is 16.3 Å². The van der Waals surface area contributed by atoms with Gasteiger partial charge < -0.3 is 4.74 Å². The molecule has 0 atom stereocenters. The lowest BCUT2D eigenvalue weighted by Gasteiger charge is -2.26. The van der Waals surface area contributed by atoms with Crippen LogP contribution in [0, 0.1) is 13.8 Å². The predicted octanol–water partition coefficient (Wildman–Crippen LogP) is 7.08. The van der Waals surface area contributed by atoms with E-state index in [4.69, 9.17) is 16.3 Å². The minimum atomic E-state index is -4.23. The number of halogens is 1. The van der Waals surface area contributed by atoms with Gasteiger partial charge >= 0.3 is 0 Å². The van der Waals surface area contributed by atoms with Crippen molar-refractivity contribution in [3.63, 3.8) is 0 Å². The van der Waals surface area contributed by atoms with Gasteiger partial charge in [-0.1, -0.05) is 80.0 Å². The third kappa shape index (κ3) is 5.77. The molecule has 0 aliphatic heterocycles. The van der Waals surface area contributed by atoms with Crippen molar-refractivity contribution in [2.75, 3.05) is 10.9 Å². The highest BCUT2D eigenvalue weighted by Gasteiger charge is 2.32. The summed E-state index contributed by atoms with van der Waals surface area (Å²) >= 11 is 5.96. The van der Waals surface area contributed by atoms with E-state index in [1.54, 1.807) is 31.2 Å². The van der Waals surface area contributed by atoms with Gasteiger partial charge in [0.15, 0.2) is 6.61 Å². The zero-order valence-electron chi connectivity index (χ0n) is 21.8. The first-order valence-electron chi connectivity index (χ1n) is 12.2. The van der Waals surface area contributed by atoms with Crippen LogP contribution in [0.4, 0.5) is 5.69 Å². The molecule has 4 aromatic rings. The molecule has 0 saturated carbocycles. The second-order valence-corrected chi connectivity index (χ2v) is 11.9. The molecule has 196 valence electrons. The molecule has 0 aliphatic rings. The van der Waals surface area contributed by atoms with Crippen molar-refractivity contribution >= 4 is 33.2 Å². The Morgan fingerprint density at radius 3 is 2.08 bits per heavy atom. The Labute approximate surface area is 229 Å². The van der Waals surface area contributed by atoms with Gasteiger partial charge in [-0.15, -0.1) is 0 Å². The Morgan fingerprint density at radius 1 is 0.842 bits per heavy atom. The van der Waals surface area contributed by atoms with E-state index in [-0.39, 0.29) is 16.0 Å². The van der Waals surface area contributed by atoms with E-state index in [2.05, 4.69) is 26.0 Å². The van der Waals surface area contributed by atoms with Crippen LogP contribution in [-0.2, 0) is 20.2 Å². The van der Waals surface area contributed by atoms with Gasteiger partial charge in [0.05, 0.1) is 10.6 Å². The van der Waals surface area contributed by atoms with Crippen LogP contribution < -0.4 is 9.04 Å². The average molecular weight is 548 g/mol. The molecule has 0 heterocycles. The van der Waals surface area contributed by atoms with E-state index in [1.165, 1.54) is 29.8 Å². The maximum atomic E-state index is 13.7. The fourth-order valence-electron chi connectivity index (χ4n) is 4.24. The maximum Gasteiger partial charge on any atom is 0.278 e. The number of carbonyl (C=O) groups is 1. The molecule has 0 unspecified atom stereocenters. The van der Waals surface area contributed by atoms with Crippen molar-refractivity contribution in [2.24, 2.45) is 0 Å². The first-order chi connectivity index (χ1) is 18.0. The average Bonchev–Trinajstić information content (AvgIpc) is 2.90. The molecule has 4 aromatic carbocycles. The molecule has 1 amide bonds. The summed E-state index contributed by atoms with van der Waals surface area (Å²) in [5.41, 5.74) is 3.81. The molecule has 0 spiro atoms. The Morgan fingerprint density at radius 2 is 1.45 bits per heavy atom. The monoisotopic (exact) mass is 547 g/mol. The molecule has 5 nitrogen and oxygen atoms in total. The van der Waals surface area contributed by atoms with Gasteiger partial charge in [0.25, 0.3) is 15.9 Å². The first-order valence-corrected chi connectivity index (χ1v) is 14.0. The van der Waals surface area contributed by atoms with Crippen LogP contribution in [0.15, 0.2) is 102 Å². The molecule has 0 fully saturated rings. The number of carbonyl (C=O) groups excluding carboxylic acids is 1. The molecular formula is C31H30ClNO4S. The molecule has 7 heteroatoms. The number of sulfonamides is 1. The second-order valence-electron chi connectivity index (χ2n) is 9.71. The number of aryl methyl sites for hydroxylation is 2. The lowest BCUT2D eigenvalue weighted by molar-refractivity contribution is -0.119. The molecule has 0 N–H and O–H groups in total. The van der Waals surface area contributed by atoms with Crippen LogP contribution in [0.5, 0.6) is 5.75 Å². The molecule has 0 radical (unpaired) electrons. The number of amides is 1. The summed E-state index contributed by atoms with van der Waals surface area (Å²) in [5, 5.41) is 0.399. The first kappa shape index (κ1) is 27.4. The van der Waals surface area contributed by atoms with E-state index < -0.39 is 22.5 Å². The van der Waals surface area contributed by atoms with Crippen LogP contribution in [-0.4, -0.2) is 20.9 Å². The van der Waals surface area contributed by atoms with Crippen LogP contribution in [0.1, 0.15) is 36.1 Å². The summed E-state index contributed by atoms with van der Waals surface area (Å²) in [4.78, 5) is 13.4. The zero-order valence-corrected chi connectivity index (χ0v) is 23.4. The number of benzene rings is 4. The minimum Gasteiger partial charge on any atom is -0.484 e. The maximum absolute atomic E-state index is 13.7. The van der Waals surface area contributed by atoms with Gasteiger partial charge in [0.2, 0.25) is 0 Å². The van der Waals surface area contributed by atoms with E-state index in [9.17, 15) is 13.2 Å². The van der Waals surface area contributed by atoms with Crippen LogP contribution >= 0.6 is 11.6 Å². The van der Waals surface area contributed by atoms with Crippen LogP contribution in [0.2, 0.25) is 5.02 Å². The molecular weight excluding hydrogens is 518 g/mol. The number of nitrogens with zero attached hydrogens (tertiary/aromatic N) is 1. The van der Waals surface area contributed by atoms with Gasteiger partial charge in [-0.05, 0) is 78.6 Å². The molecule has 0 saturated heterocycles. The molecule has 0 aromatic heterocycles. The zero-order chi connectivity index (χ0) is 27.5. The molecule has 38 heavy (non-hydrogen) atoms. The number of rotatable bonds is 8. The summed E-state index contributed by atoms with van der Waals surface area (Å²) in [5.74, 6) is -0.238. The molecule has 4 rings (SSSR count). The molecule has 0 aliphatic carbocycles. The third-order valence-corrected chi connectivity index (χ3v) is 8.60. The highest BCUT2D eigenvalue weighted by atomic mass is 35.5. The number of hydrogen-bond donors (Lipinski definition) is 0. The largest absolute Gasteiger partial charge is 0.484 e. The van der Waals surface area contributed by atoms with Crippen molar-refractivity contribution in [1.82, 2.24) is 0 Å². The van der Waals surface area contributed by atoms with Gasteiger partial charge in [-0.25, -0.2) is 8.42 Å². The highest BCUT2D eigenvalue weighted by Crippen LogP contribution is 2.33. The summed E-state index contributed by atoms with van der Waals surface area (Å²) in [6.07, 6.45) is 0. The third-order valence-electron chi connectivity index (χ3n) is 6.60. The fourth-order valence-corrected chi connectivity index (χ4v) is 5.83. The Bertz CT molecular complexity index is 1530. The quantitative estimate of drug-likeness (QED) is 0.236. The minimum absolute atomic E-state index is 0.0383. The SMILES string of the molecule is Cc1ccc(C)c(N(C(=O)COc2ccc(C(C)(C)c3ccccc3)cc2)S(=O)(=O)c2ccc(Cl)cc2)c1. The number of hydrogen-bond acceptors (Lipinski definition) is 4. The van der Waals surface area contributed by atoms with E-state index in [0.717, 1.165) is 15.4 Å². The van der Waals surface area contributed by atoms with E-state index >= 15 is 0 Å². The second kappa shape index (κ2) is 11.0. The normalized spacial score (nSPS) is 11.7. The van der Waals surface area contributed by atoms with Gasteiger partial charge in [-0.2, -0.15) is 4.31 Å². The van der Waals surface area contributed by atoms with Crippen LogP contribution in [0.3, 0.4) is 0 Å². The lowest BCUT2D eigenvalue weighted by atomic mass is 9.78. The predicted molar refractivity (Wildman–Crippen MR) is 153 cm³/mol. The number of ether oxygens (including phenoxy) is 1. The van der Waals surface area contributed by atoms with Crippen molar-refractivity contribution in [1.29, 1.82) is 0 Å². The lowest BCUT2D eigenvalue weighted by Crippen LogP contribution is -2.40. The Hall–Kier alpha value is -3.61. The summed E-state index contributed by atoms with van der Waals surface area (Å²) in [6, 6.07) is 28.8. The van der Waals surface area contributed by atoms with Crippen molar-refractivity contribution < 1.29 is 17.9 Å². The molecule has 0 bridgehead atoms. The van der Waals surface area contributed by atoms with Crippen molar-refractivity contribution in [3.05, 3.63) is 124 Å². The summed E-state index contributed by atoms with van der Waals surface area (Å²) in [7, 11) is -4.23. The fraction of sp³-hybridized carbons (Fsp3) is 0.194. The van der Waals surface area contributed by atoms with Crippen molar-refractivity contribution in [3.8, 4) is 5.75 Å². The smallest absolute Gasteiger partial charge is 0.278 e. The topological polar surface area (TPSA) is 63.7 Å². The standard InChI is InChI=1S/C31H30ClNO4S/c1-22-10-11-23(2)29(20-22)33(38(35,36)28-18-14-26(32)15-19-28)30(34)21-37-27-16-12-25(13-17-27)31(3,4)24-8-6-5-7-9-24/h5-20H,21H2,1-4H3. The van der Waals surface area contributed by atoms with E-state index in [1.807, 2.05) is 43.3 Å². The van der Waals surface area contributed by atoms with Crippen molar-refractivity contribution in [2.45, 2.75) is 38.0 Å². The highest BCUT2D eigenvalue weighted by molar-refractivity contribution is 7.93. The number of anilines is 1. The van der Waals surface area contributed by atoms with Gasteiger partial charge in [0, 0.05) is 10.4 Å².